The van der Waals surface area contributed by atoms with Gasteiger partial charge in [-0.1, -0.05) is 30.3 Å². The maximum absolute atomic E-state index is 10.2. The maximum Gasteiger partial charge on any atom is 0.692 e. The Morgan fingerprint density at radius 3 is 2.00 bits per heavy atom. The number of carbonyl (C=O) groups is 1. The van der Waals surface area contributed by atoms with E-state index in [1.165, 1.54) is 0 Å². The van der Waals surface area contributed by atoms with E-state index < -0.39 is 14.2 Å². The molecule has 0 unspecified atom stereocenters. The molecule has 0 aliphatic rings. The first-order valence-electron chi connectivity index (χ1n) is 3.63. The molecule has 0 heterocycles. The first-order chi connectivity index (χ1) is 6.52. The molecule has 3 N–H and O–H groups in total. The quantitative estimate of drug-likeness (QED) is 0.641. The Balaban J connectivity index is 0.000000364. The van der Waals surface area contributed by atoms with Crippen LogP contribution in [0.25, 0.3) is 0 Å². The van der Waals surface area contributed by atoms with Crippen molar-refractivity contribution in [3.63, 3.8) is 0 Å². The van der Waals surface area contributed by atoms with E-state index in [0.29, 0.717) is 0 Å². The number of aliphatic carboxylic acids is 1. The van der Waals surface area contributed by atoms with Crippen molar-refractivity contribution in [1.29, 1.82) is 0 Å². The van der Waals surface area contributed by atoms with Crippen molar-refractivity contribution in [2.45, 2.75) is 6.42 Å². The summed E-state index contributed by atoms with van der Waals surface area (Å²) in [7, 11) is -2.87. The number of carboxylic acids is 1. The lowest BCUT2D eigenvalue weighted by molar-refractivity contribution is -0.136. The Hall–Kier alpha value is -1.29. The fraction of sp³-hybridized carbons (Fsp3) is 0.125. The summed E-state index contributed by atoms with van der Waals surface area (Å²) in [6.07, 6.45) is 0.112. The lowest BCUT2D eigenvalue weighted by Crippen LogP contribution is -1.98. The highest BCUT2D eigenvalue weighted by Crippen LogP contribution is 1.98. The van der Waals surface area contributed by atoms with Gasteiger partial charge in [-0.05, 0) is 5.56 Å². The number of rotatable bonds is 2. The van der Waals surface area contributed by atoms with Crippen LogP contribution >= 0.6 is 8.25 Å². The summed E-state index contributed by atoms with van der Waals surface area (Å²) in [4.78, 5) is 24.4. The molecule has 1 aromatic rings. The van der Waals surface area contributed by atoms with Crippen LogP contribution in [0, 0.1) is 0 Å². The zero-order valence-corrected chi connectivity index (χ0v) is 8.09. The largest absolute Gasteiger partial charge is 0.692 e. The third-order valence-electron chi connectivity index (χ3n) is 1.20. The SMILES string of the molecule is O=C(O)Cc1ccccc1.O=[P+](O)O. The second kappa shape index (κ2) is 7.15. The van der Waals surface area contributed by atoms with E-state index in [1.54, 1.807) is 12.1 Å². The van der Waals surface area contributed by atoms with Crippen LogP contribution in [-0.2, 0) is 15.8 Å². The summed E-state index contributed by atoms with van der Waals surface area (Å²) in [5, 5.41) is 8.37. The third kappa shape index (κ3) is 8.80. The Kier molecular flexibility index (Phi) is 6.49. The normalized spacial score (nSPS) is 8.43. The molecule has 0 saturated carbocycles. The lowest BCUT2D eigenvalue weighted by Gasteiger charge is -1.92. The molecule has 0 aliphatic heterocycles. The van der Waals surface area contributed by atoms with Gasteiger partial charge in [0.25, 0.3) is 0 Å². The van der Waals surface area contributed by atoms with E-state index in [1.807, 2.05) is 18.2 Å². The zero-order valence-electron chi connectivity index (χ0n) is 7.20. The molecule has 0 bridgehead atoms. The zero-order chi connectivity index (χ0) is 11.0. The van der Waals surface area contributed by atoms with Crippen LogP contribution in [0.3, 0.4) is 0 Å². The van der Waals surface area contributed by atoms with Gasteiger partial charge >= 0.3 is 14.2 Å². The van der Waals surface area contributed by atoms with Crippen molar-refractivity contribution in [1.82, 2.24) is 0 Å². The highest BCUT2D eigenvalue weighted by molar-refractivity contribution is 7.30. The Morgan fingerprint density at radius 2 is 1.64 bits per heavy atom. The van der Waals surface area contributed by atoms with E-state index in [9.17, 15) is 4.79 Å². The summed E-state index contributed by atoms with van der Waals surface area (Å²) >= 11 is 0. The van der Waals surface area contributed by atoms with Gasteiger partial charge in [0.15, 0.2) is 0 Å². The molecule has 1 aromatic carbocycles. The molecule has 6 heteroatoms. The second-order valence-electron chi connectivity index (χ2n) is 2.31. The summed E-state index contributed by atoms with van der Waals surface area (Å²) in [5.41, 5.74) is 0.843. The predicted molar refractivity (Wildman–Crippen MR) is 49.8 cm³/mol. The van der Waals surface area contributed by atoms with Crippen molar-refractivity contribution in [2.24, 2.45) is 0 Å². The molecule has 14 heavy (non-hydrogen) atoms. The number of carboxylic acid groups (broad SMARTS) is 1. The second-order valence-corrected chi connectivity index (χ2v) is 2.81. The minimum absolute atomic E-state index is 0.112. The molecule has 5 nitrogen and oxygen atoms in total. The summed E-state index contributed by atoms with van der Waals surface area (Å²) in [6.45, 7) is 0. The molecule has 0 spiro atoms. The molecule has 0 saturated heterocycles. The average molecular weight is 217 g/mol. The number of benzene rings is 1. The summed E-state index contributed by atoms with van der Waals surface area (Å²) < 4.78 is 8.70. The fourth-order valence-corrected chi connectivity index (χ4v) is 0.770. The first kappa shape index (κ1) is 12.7. The van der Waals surface area contributed by atoms with Crippen LogP contribution in [0.5, 0.6) is 0 Å². The van der Waals surface area contributed by atoms with Gasteiger partial charge in [0.2, 0.25) is 0 Å². The van der Waals surface area contributed by atoms with Gasteiger partial charge < -0.3 is 5.11 Å². The Bertz CT molecular complexity index is 294. The van der Waals surface area contributed by atoms with Crippen LogP contribution in [0.2, 0.25) is 0 Å². The van der Waals surface area contributed by atoms with E-state index >= 15 is 0 Å². The lowest BCUT2D eigenvalue weighted by atomic mass is 10.2. The van der Waals surface area contributed by atoms with Crippen LogP contribution < -0.4 is 0 Å². The summed E-state index contributed by atoms with van der Waals surface area (Å²) in [5.74, 6) is -0.786. The molecule has 0 atom stereocenters. The van der Waals surface area contributed by atoms with Gasteiger partial charge in [-0.2, -0.15) is 0 Å². The smallest absolute Gasteiger partial charge is 0.481 e. The topological polar surface area (TPSA) is 94.8 Å². The maximum atomic E-state index is 10.2. The van der Waals surface area contributed by atoms with Crippen molar-refractivity contribution in [3.8, 4) is 0 Å². The molecule has 0 amide bonds. The summed E-state index contributed by atoms with van der Waals surface area (Å²) in [6, 6.07) is 9.13. The Labute approximate surface area is 81.6 Å². The van der Waals surface area contributed by atoms with E-state index in [0.717, 1.165) is 5.56 Å². The fourth-order valence-electron chi connectivity index (χ4n) is 0.770. The Morgan fingerprint density at radius 1 is 1.21 bits per heavy atom. The van der Waals surface area contributed by atoms with Crippen molar-refractivity contribution in [2.75, 3.05) is 0 Å². The average Bonchev–Trinajstić information content (AvgIpc) is 2.03. The minimum Gasteiger partial charge on any atom is -0.481 e. The standard InChI is InChI=1S/C8H8O2.HO3P/c9-8(10)6-7-4-2-1-3-5-7;1-4(2)3/h1-5H,6H2,(H,9,10);(H-,1,2,3)/p+1. The van der Waals surface area contributed by atoms with Gasteiger partial charge in [0.05, 0.1) is 6.42 Å². The van der Waals surface area contributed by atoms with Gasteiger partial charge in [-0.15, -0.1) is 9.79 Å². The van der Waals surface area contributed by atoms with E-state index in [2.05, 4.69) is 0 Å². The molecule has 0 fully saturated rings. The monoisotopic (exact) mass is 217 g/mol. The van der Waals surface area contributed by atoms with Gasteiger partial charge in [-0.3, -0.25) is 4.79 Å². The minimum atomic E-state index is -2.87. The molecule has 0 aliphatic carbocycles. The van der Waals surface area contributed by atoms with Crippen molar-refractivity contribution < 1.29 is 24.3 Å². The van der Waals surface area contributed by atoms with Crippen LogP contribution in [0.15, 0.2) is 30.3 Å². The van der Waals surface area contributed by atoms with Crippen molar-refractivity contribution in [3.05, 3.63) is 35.9 Å². The van der Waals surface area contributed by atoms with Gasteiger partial charge in [0.1, 0.15) is 0 Å². The molecular formula is C8H10O5P+. The molecule has 76 valence electrons. The predicted octanol–water partition coefficient (Wildman–Crippen LogP) is 0.942. The number of hydrogen-bond donors (Lipinski definition) is 3. The highest BCUT2D eigenvalue weighted by Gasteiger charge is 1.96. The molecule has 1 rings (SSSR count). The van der Waals surface area contributed by atoms with Crippen LogP contribution in [0.1, 0.15) is 5.56 Å². The van der Waals surface area contributed by atoms with Gasteiger partial charge in [-0.25, -0.2) is 0 Å². The van der Waals surface area contributed by atoms with Gasteiger partial charge in [0, 0.05) is 4.57 Å². The molecule has 0 radical (unpaired) electrons. The van der Waals surface area contributed by atoms with Crippen molar-refractivity contribution >= 4 is 14.2 Å². The molecular weight excluding hydrogens is 207 g/mol. The van der Waals surface area contributed by atoms with E-state index in [-0.39, 0.29) is 6.42 Å². The third-order valence-corrected chi connectivity index (χ3v) is 1.20. The van der Waals surface area contributed by atoms with Crippen LogP contribution in [-0.4, -0.2) is 20.9 Å². The van der Waals surface area contributed by atoms with E-state index in [4.69, 9.17) is 19.5 Å². The number of hydrogen-bond acceptors (Lipinski definition) is 2. The van der Waals surface area contributed by atoms with Crippen LogP contribution in [0.4, 0.5) is 0 Å². The first-order valence-corrected chi connectivity index (χ1v) is 4.79. The highest BCUT2D eigenvalue weighted by atomic mass is 31.1. The molecule has 0 aromatic heterocycles.